The van der Waals surface area contributed by atoms with Crippen molar-refractivity contribution < 1.29 is 44.2 Å². The monoisotopic (exact) mass is 771 g/mol. The molecule has 2 saturated carbocycles. The van der Waals surface area contributed by atoms with Crippen molar-refractivity contribution in [3.63, 3.8) is 0 Å². The molecule has 11 heteroatoms. The highest BCUT2D eigenvalue weighted by atomic mass is 35.5. The SMILES string of the molecule is CC(C)=CCc1c(O)cc2c(c1C)OC(=O)c1c(C)c(Cl)c(O)c(CN3Cc4c(cc(O)c5c4O[C@]4(C5)[C@H](C)CC[C@H]5C(C)(C)[C@H](O)CC[C@@]54C)C3=O)c1O2. The number of halogens is 1. The van der Waals surface area contributed by atoms with Gasteiger partial charge in [-0.05, 0) is 88.7 Å². The Balaban J connectivity index is 1.17. The summed E-state index contributed by atoms with van der Waals surface area (Å²) in [4.78, 5) is 29.6. The van der Waals surface area contributed by atoms with Crippen molar-refractivity contribution in [2.75, 3.05) is 0 Å². The predicted molar refractivity (Wildman–Crippen MR) is 207 cm³/mol. The number of aliphatic hydroxyl groups excluding tert-OH is 1. The Morgan fingerprint density at radius 1 is 0.945 bits per heavy atom. The van der Waals surface area contributed by atoms with Gasteiger partial charge in [-0.15, -0.1) is 0 Å². The molecular weight excluding hydrogens is 722 g/mol. The minimum Gasteiger partial charge on any atom is -0.508 e. The van der Waals surface area contributed by atoms with Gasteiger partial charge in [0.1, 0.15) is 34.2 Å². The lowest BCUT2D eigenvalue weighted by atomic mass is 9.43. The zero-order valence-electron chi connectivity index (χ0n) is 32.8. The molecule has 10 nitrogen and oxygen atoms in total. The lowest BCUT2D eigenvalue weighted by molar-refractivity contribution is -0.210. The molecule has 0 unspecified atom stereocenters. The number of hydrogen-bond donors (Lipinski definition) is 4. The highest BCUT2D eigenvalue weighted by Gasteiger charge is 2.67. The molecule has 3 aliphatic heterocycles. The number of ether oxygens (including phenoxy) is 3. The number of rotatable bonds is 4. The summed E-state index contributed by atoms with van der Waals surface area (Å²) < 4.78 is 19.5. The molecule has 2 fully saturated rings. The number of aromatic hydroxyl groups is 3. The molecule has 0 radical (unpaired) electrons. The predicted octanol–water partition coefficient (Wildman–Crippen LogP) is 8.97. The Morgan fingerprint density at radius 2 is 1.67 bits per heavy atom. The average molecular weight is 772 g/mol. The summed E-state index contributed by atoms with van der Waals surface area (Å²) in [7, 11) is 0. The number of esters is 1. The van der Waals surface area contributed by atoms with Crippen LogP contribution >= 0.6 is 11.6 Å². The van der Waals surface area contributed by atoms with E-state index in [1.54, 1.807) is 13.8 Å². The molecule has 3 heterocycles. The Labute approximate surface area is 326 Å². The van der Waals surface area contributed by atoms with E-state index >= 15 is 0 Å². The fourth-order valence-electron chi connectivity index (χ4n) is 10.8. The molecule has 8 rings (SSSR count). The van der Waals surface area contributed by atoms with Crippen LogP contribution in [0.25, 0.3) is 0 Å². The summed E-state index contributed by atoms with van der Waals surface area (Å²) in [6, 6.07) is 2.91. The van der Waals surface area contributed by atoms with Crippen LogP contribution < -0.4 is 14.2 Å². The molecule has 1 amide bonds. The molecule has 5 atom stereocenters. The van der Waals surface area contributed by atoms with Crippen LogP contribution in [-0.2, 0) is 25.9 Å². The smallest absolute Gasteiger partial charge is 0.347 e. The number of amides is 1. The standard InChI is InChI=1S/C44H50ClNO9/c1-20(2)9-11-24-22(4)37-31(16-30(24)48)53-39-28(36(50)35(45)23(5)34(39)41(52)54-37)19-46-18-27-25(40(46)51)15-29(47)26-17-44(55-38(26)27)21(3)10-12-32-42(6,7)33(49)13-14-43(32,44)8/h9,15-16,21,32-33,47-50H,10-14,17-19H2,1-8H3/t21-,32+,33-,43+,44-/m1/s1. The molecular formula is C44H50ClNO9. The fourth-order valence-corrected chi connectivity index (χ4v) is 11.0. The van der Waals surface area contributed by atoms with Crippen molar-refractivity contribution in [3.05, 3.63) is 73.3 Å². The van der Waals surface area contributed by atoms with Gasteiger partial charge in [-0.25, -0.2) is 4.79 Å². The van der Waals surface area contributed by atoms with Crippen molar-refractivity contribution in [2.45, 2.75) is 119 Å². The number of aliphatic hydroxyl groups is 1. The molecule has 3 aromatic rings. The van der Waals surface area contributed by atoms with Gasteiger partial charge in [0.15, 0.2) is 17.2 Å². The van der Waals surface area contributed by atoms with Gasteiger partial charge >= 0.3 is 5.97 Å². The second-order valence-corrected chi connectivity index (χ2v) is 18.0. The van der Waals surface area contributed by atoms with E-state index < -0.39 is 17.7 Å². The van der Waals surface area contributed by atoms with E-state index in [0.29, 0.717) is 52.8 Å². The normalized spacial score (nSPS) is 27.2. The number of phenolic OH excluding ortho intramolecular Hbond substituents is 3. The minimum absolute atomic E-state index is 0.00122. The van der Waals surface area contributed by atoms with E-state index in [-0.39, 0.29) is 97.9 Å². The average Bonchev–Trinajstić information content (AvgIpc) is 3.63. The van der Waals surface area contributed by atoms with E-state index in [4.69, 9.17) is 25.8 Å². The second kappa shape index (κ2) is 12.5. The van der Waals surface area contributed by atoms with Crippen molar-refractivity contribution in [1.29, 1.82) is 0 Å². The van der Waals surface area contributed by atoms with Gasteiger partial charge in [0.25, 0.3) is 5.91 Å². The number of nitrogens with zero attached hydrogens (tertiary/aromatic N) is 1. The Morgan fingerprint density at radius 3 is 2.38 bits per heavy atom. The van der Waals surface area contributed by atoms with Crippen LogP contribution in [-0.4, -0.2) is 48.9 Å². The molecule has 3 aromatic carbocycles. The molecule has 5 aliphatic rings. The van der Waals surface area contributed by atoms with E-state index in [2.05, 4.69) is 27.7 Å². The maximum absolute atomic E-state index is 14.2. The van der Waals surface area contributed by atoms with Gasteiger partial charge in [-0.3, -0.25) is 4.79 Å². The maximum atomic E-state index is 14.2. The lowest BCUT2D eigenvalue weighted by Crippen LogP contribution is -2.66. The number of hydrogen-bond acceptors (Lipinski definition) is 9. The Bertz CT molecular complexity index is 2240. The van der Waals surface area contributed by atoms with E-state index in [1.165, 1.54) is 17.0 Å². The molecule has 0 aromatic heterocycles. The van der Waals surface area contributed by atoms with Crippen molar-refractivity contribution in [2.24, 2.45) is 22.7 Å². The first-order chi connectivity index (χ1) is 25.8. The topological polar surface area (TPSA) is 146 Å². The highest BCUT2D eigenvalue weighted by molar-refractivity contribution is 6.33. The number of allylic oxidation sites excluding steroid dienone is 2. The van der Waals surface area contributed by atoms with Gasteiger partial charge in [0.2, 0.25) is 0 Å². The van der Waals surface area contributed by atoms with E-state index in [1.807, 2.05) is 19.9 Å². The van der Waals surface area contributed by atoms with Gasteiger partial charge in [-0.2, -0.15) is 0 Å². The summed E-state index contributed by atoms with van der Waals surface area (Å²) in [5.74, 6) is -0.452. The van der Waals surface area contributed by atoms with E-state index in [0.717, 1.165) is 24.8 Å². The number of carbonyl (C=O) groups excluding carboxylic acids is 2. The summed E-state index contributed by atoms with van der Waals surface area (Å²) >= 11 is 6.67. The maximum Gasteiger partial charge on any atom is 0.347 e. The number of carbonyl (C=O) groups is 2. The highest BCUT2D eigenvalue weighted by Crippen LogP contribution is 2.67. The first-order valence-corrected chi connectivity index (χ1v) is 19.7. The zero-order chi connectivity index (χ0) is 39.7. The van der Waals surface area contributed by atoms with Crippen LogP contribution in [0.15, 0.2) is 23.8 Å². The molecule has 4 N–H and O–H groups in total. The summed E-state index contributed by atoms with van der Waals surface area (Å²) in [6.07, 6.45) is 5.79. The third kappa shape index (κ3) is 5.23. The second-order valence-electron chi connectivity index (χ2n) is 17.7. The Hall–Kier alpha value is -4.41. The van der Waals surface area contributed by atoms with Crippen LogP contribution in [0.1, 0.15) is 121 Å². The van der Waals surface area contributed by atoms with Crippen molar-refractivity contribution in [3.8, 4) is 40.2 Å². The molecule has 2 aliphatic carbocycles. The van der Waals surface area contributed by atoms with Crippen LogP contribution in [0.4, 0.5) is 0 Å². The van der Waals surface area contributed by atoms with Gasteiger partial charge in [0, 0.05) is 40.2 Å². The number of benzene rings is 3. The van der Waals surface area contributed by atoms with Crippen LogP contribution in [0.3, 0.4) is 0 Å². The van der Waals surface area contributed by atoms with Gasteiger partial charge in [-0.1, -0.05) is 50.9 Å². The first kappa shape index (κ1) is 37.5. The summed E-state index contributed by atoms with van der Waals surface area (Å²) in [5.41, 5.74) is 2.90. The van der Waals surface area contributed by atoms with Crippen molar-refractivity contribution in [1.82, 2.24) is 4.90 Å². The lowest BCUT2D eigenvalue weighted by Gasteiger charge is -2.64. The molecule has 55 heavy (non-hydrogen) atoms. The van der Waals surface area contributed by atoms with Crippen LogP contribution in [0.2, 0.25) is 5.02 Å². The quantitative estimate of drug-likeness (QED) is 0.116. The molecule has 292 valence electrons. The summed E-state index contributed by atoms with van der Waals surface area (Å²) in [6.45, 7) is 15.9. The van der Waals surface area contributed by atoms with Crippen LogP contribution in [0, 0.1) is 36.5 Å². The third-order valence-electron chi connectivity index (χ3n) is 14.1. The van der Waals surface area contributed by atoms with E-state index in [9.17, 15) is 30.0 Å². The fraction of sp³-hybridized carbons (Fsp3) is 0.500. The minimum atomic E-state index is -0.749. The summed E-state index contributed by atoms with van der Waals surface area (Å²) in [5, 5.41) is 45.1. The number of phenols is 3. The largest absolute Gasteiger partial charge is 0.508 e. The third-order valence-corrected chi connectivity index (χ3v) is 14.6. The van der Waals surface area contributed by atoms with Crippen LogP contribution in [0.5, 0.6) is 40.2 Å². The molecule has 0 saturated heterocycles. The Kier molecular flexibility index (Phi) is 8.56. The number of fused-ring (bicyclic) bond motifs is 7. The molecule has 1 spiro atoms. The first-order valence-electron chi connectivity index (χ1n) is 19.3. The van der Waals surface area contributed by atoms with Crippen molar-refractivity contribution >= 4 is 23.5 Å². The van der Waals surface area contributed by atoms with Gasteiger partial charge < -0.3 is 39.5 Å². The van der Waals surface area contributed by atoms with Gasteiger partial charge in [0.05, 0.1) is 35.3 Å². The zero-order valence-corrected chi connectivity index (χ0v) is 33.5. The molecule has 0 bridgehead atoms.